The van der Waals surface area contributed by atoms with Crippen LogP contribution in [0, 0.1) is 0 Å². The van der Waals surface area contributed by atoms with E-state index in [0.29, 0.717) is 5.95 Å². The summed E-state index contributed by atoms with van der Waals surface area (Å²) in [7, 11) is 0. The molecular formula is C17H13F2N5O. The van der Waals surface area contributed by atoms with Crippen molar-refractivity contribution in [2.45, 2.75) is 12.7 Å². The summed E-state index contributed by atoms with van der Waals surface area (Å²) in [5, 5.41) is 14.9. The smallest absolute Gasteiger partial charge is 0.387 e. The fourth-order valence-electron chi connectivity index (χ4n) is 2.72. The van der Waals surface area contributed by atoms with E-state index in [1.54, 1.807) is 16.8 Å². The molecule has 0 fully saturated rings. The van der Waals surface area contributed by atoms with Gasteiger partial charge in [-0.3, -0.25) is 0 Å². The number of rotatable bonds is 4. The van der Waals surface area contributed by atoms with Crippen molar-refractivity contribution in [2.75, 3.05) is 5.32 Å². The van der Waals surface area contributed by atoms with Crippen molar-refractivity contribution in [3.05, 3.63) is 71.8 Å². The third-order valence-electron chi connectivity index (χ3n) is 3.86. The van der Waals surface area contributed by atoms with Crippen molar-refractivity contribution in [3.8, 4) is 5.75 Å². The summed E-state index contributed by atoms with van der Waals surface area (Å²) in [5.41, 5.74) is 2.73. The van der Waals surface area contributed by atoms with Gasteiger partial charge in [0, 0.05) is 5.70 Å². The number of nitrogens with zero attached hydrogens (tertiary/aromatic N) is 4. The molecule has 2 aromatic carbocycles. The van der Waals surface area contributed by atoms with E-state index in [4.69, 9.17) is 0 Å². The number of aromatic nitrogens is 4. The molecule has 1 atom stereocenters. The van der Waals surface area contributed by atoms with Crippen LogP contribution in [-0.2, 0) is 0 Å². The normalized spacial score (nSPS) is 16.1. The van der Waals surface area contributed by atoms with E-state index in [0.717, 1.165) is 16.8 Å². The molecule has 6 nitrogen and oxygen atoms in total. The van der Waals surface area contributed by atoms with Crippen LogP contribution >= 0.6 is 0 Å². The van der Waals surface area contributed by atoms with Gasteiger partial charge in [0.25, 0.3) is 0 Å². The lowest BCUT2D eigenvalue weighted by molar-refractivity contribution is -0.0498. The first-order valence-electron chi connectivity index (χ1n) is 7.57. The molecule has 1 aromatic heterocycles. The van der Waals surface area contributed by atoms with Crippen LogP contribution in [0.4, 0.5) is 14.7 Å². The van der Waals surface area contributed by atoms with E-state index in [9.17, 15) is 8.78 Å². The van der Waals surface area contributed by atoms with Crippen LogP contribution in [0.15, 0.2) is 60.7 Å². The fourth-order valence-corrected chi connectivity index (χ4v) is 2.72. The summed E-state index contributed by atoms with van der Waals surface area (Å²) >= 11 is 0. The highest BCUT2D eigenvalue weighted by Gasteiger charge is 2.24. The molecule has 0 saturated heterocycles. The molecule has 0 bridgehead atoms. The van der Waals surface area contributed by atoms with E-state index < -0.39 is 6.61 Å². The van der Waals surface area contributed by atoms with Gasteiger partial charge in [-0.1, -0.05) is 47.6 Å². The molecule has 0 aliphatic carbocycles. The number of halogens is 2. The monoisotopic (exact) mass is 341 g/mol. The van der Waals surface area contributed by atoms with Crippen molar-refractivity contribution in [2.24, 2.45) is 0 Å². The van der Waals surface area contributed by atoms with Crippen molar-refractivity contribution in [3.63, 3.8) is 0 Å². The minimum atomic E-state index is -2.85. The maximum Gasteiger partial charge on any atom is 0.387 e. The Labute approximate surface area is 141 Å². The molecular weight excluding hydrogens is 328 g/mol. The Kier molecular flexibility index (Phi) is 3.85. The van der Waals surface area contributed by atoms with Gasteiger partial charge in [0.2, 0.25) is 5.95 Å². The van der Waals surface area contributed by atoms with E-state index in [-0.39, 0.29) is 11.8 Å². The Morgan fingerprint density at radius 1 is 1.04 bits per heavy atom. The number of alkyl halides is 2. The van der Waals surface area contributed by atoms with E-state index in [2.05, 4.69) is 25.6 Å². The number of ether oxygens (including phenoxy) is 1. The van der Waals surface area contributed by atoms with Crippen molar-refractivity contribution in [1.82, 2.24) is 20.2 Å². The minimum absolute atomic E-state index is 0.108. The van der Waals surface area contributed by atoms with Crippen LogP contribution in [0.5, 0.6) is 5.75 Å². The van der Waals surface area contributed by atoms with Crippen LogP contribution < -0.4 is 10.1 Å². The lowest BCUT2D eigenvalue weighted by atomic mass is 10.0. The predicted molar refractivity (Wildman–Crippen MR) is 87.1 cm³/mol. The Balaban J connectivity index is 1.71. The van der Waals surface area contributed by atoms with Gasteiger partial charge in [0.05, 0.1) is 0 Å². The molecule has 0 radical (unpaired) electrons. The first kappa shape index (κ1) is 15.3. The van der Waals surface area contributed by atoms with Crippen molar-refractivity contribution in [1.29, 1.82) is 0 Å². The predicted octanol–water partition coefficient (Wildman–Crippen LogP) is 3.33. The molecule has 0 spiro atoms. The van der Waals surface area contributed by atoms with E-state index >= 15 is 0 Å². The highest BCUT2D eigenvalue weighted by atomic mass is 19.3. The van der Waals surface area contributed by atoms with Gasteiger partial charge in [-0.25, -0.2) is 0 Å². The average Bonchev–Trinajstić information content (AvgIpc) is 3.10. The molecule has 0 amide bonds. The zero-order valence-corrected chi connectivity index (χ0v) is 12.9. The van der Waals surface area contributed by atoms with E-state index in [1.165, 1.54) is 12.1 Å². The third-order valence-corrected chi connectivity index (χ3v) is 3.86. The summed E-state index contributed by atoms with van der Waals surface area (Å²) in [6.07, 6.45) is 1.99. The van der Waals surface area contributed by atoms with Crippen molar-refractivity contribution < 1.29 is 13.5 Å². The molecule has 0 saturated carbocycles. The molecule has 4 rings (SSSR count). The maximum absolute atomic E-state index is 12.3. The van der Waals surface area contributed by atoms with Gasteiger partial charge in [-0.05, 0) is 39.8 Å². The molecule has 1 N–H and O–H groups in total. The molecule has 3 aromatic rings. The third kappa shape index (κ3) is 3.06. The van der Waals surface area contributed by atoms with Gasteiger partial charge >= 0.3 is 6.61 Å². The van der Waals surface area contributed by atoms with Crippen LogP contribution in [0.1, 0.15) is 17.2 Å². The number of nitrogens with one attached hydrogen (secondary N) is 1. The van der Waals surface area contributed by atoms with Crippen LogP contribution in [-0.4, -0.2) is 26.8 Å². The number of allylic oxidation sites excluding steroid dienone is 1. The molecule has 126 valence electrons. The number of tetrazole rings is 1. The Bertz CT molecular complexity index is 893. The molecule has 2 heterocycles. The maximum atomic E-state index is 12.3. The van der Waals surface area contributed by atoms with Crippen LogP contribution in [0.2, 0.25) is 0 Å². The van der Waals surface area contributed by atoms with Crippen molar-refractivity contribution >= 4 is 11.6 Å². The second-order valence-electron chi connectivity index (χ2n) is 5.41. The molecule has 0 unspecified atom stereocenters. The zero-order chi connectivity index (χ0) is 17.2. The topological polar surface area (TPSA) is 64.9 Å². The number of hydrogen-bond acceptors (Lipinski definition) is 5. The second-order valence-corrected chi connectivity index (χ2v) is 5.41. The molecule has 25 heavy (non-hydrogen) atoms. The summed E-state index contributed by atoms with van der Waals surface area (Å²) in [4.78, 5) is 0. The largest absolute Gasteiger partial charge is 0.435 e. The molecule has 1 aliphatic rings. The number of anilines is 1. The highest BCUT2D eigenvalue weighted by molar-refractivity contribution is 5.76. The Morgan fingerprint density at radius 2 is 1.80 bits per heavy atom. The second kappa shape index (κ2) is 6.31. The van der Waals surface area contributed by atoms with Gasteiger partial charge in [0.15, 0.2) is 0 Å². The number of hydrogen-bond donors (Lipinski definition) is 1. The first-order valence-corrected chi connectivity index (χ1v) is 7.57. The Hall–Kier alpha value is -3.29. The van der Waals surface area contributed by atoms with Gasteiger partial charge in [-0.15, -0.1) is 0 Å². The lowest BCUT2D eigenvalue weighted by Crippen LogP contribution is -2.20. The summed E-state index contributed by atoms with van der Waals surface area (Å²) in [5.74, 6) is 0.621. The average molecular weight is 341 g/mol. The fraction of sp³-hybridized carbons (Fsp3) is 0.118. The van der Waals surface area contributed by atoms with Crippen LogP contribution in [0.3, 0.4) is 0 Å². The minimum Gasteiger partial charge on any atom is -0.435 e. The van der Waals surface area contributed by atoms with E-state index in [1.807, 2.05) is 36.4 Å². The summed E-state index contributed by atoms with van der Waals surface area (Å²) in [6.45, 7) is -2.85. The zero-order valence-electron chi connectivity index (χ0n) is 12.9. The SMILES string of the molecule is FC(F)Oc1ccc([C@H]2C=C(c3ccccc3)Nc3nnnn32)cc1. The van der Waals surface area contributed by atoms with Crippen LogP contribution in [0.25, 0.3) is 5.70 Å². The number of benzene rings is 2. The van der Waals surface area contributed by atoms with Gasteiger partial charge in [-0.2, -0.15) is 13.5 Å². The standard InChI is InChI=1S/C17H13F2N5O/c18-16(19)25-13-8-6-12(7-9-13)15-10-14(11-4-2-1-3-5-11)20-17-21-22-23-24(15)17/h1-10,15-16H,(H,20,21,23)/t15-/m1/s1. The molecule has 1 aliphatic heterocycles. The number of fused-ring (bicyclic) bond motifs is 1. The first-order chi connectivity index (χ1) is 12.2. The van der Waals surface area contributed by atoms with Gasteiger partial charge < -0.3 is 10.1 Å². The highest BCUT2D eigenvalue weighted by Crippen LogP contribution is 2.32. The molecule has 8 heteroatoms. The summed E-state index contributed by atoms with van der Waals surface area (Å²) < 4.78 is 30.6. The lowest BCUT2D eigenvalue weighted by Gasteiger charge is -2.23. The summed E-state index contributed by atoms with van der Waals surface area (Å²) in [6, 6.07) is 16.0. The Morgan fingerprint density at radius 3 is 2.52 bits per heavy atom. The van der Waals surface area contributed by atoms with Gasteiger partial charge in [0.1, 0.15) is 11.8 Å². The quantitative estimate of drug-likeness (QED) is 0.788.